The van der Waals surface area contributed by atoms with Gasteiger partial charge in [0.1, 0.15) is 5.82 Å². The fraction of sp³-hybridized carbons (Fsp3) is 0.133. The van der Waals surface area contributed by atoms with Gasteiger partial charge in [0.15, 0.2) is 0 Å². The lowest BCUT2D eigenvalue weighted by atomic mass is 10.2. The molecule has 3 heteroatoms. The first-order chi connectivity index (χ1) is 8.86. The van der Waals surface area contributed by atoms with Gasteiger partial charge in [0.05, 0.1) is 11.0 Å². The van der Waals surface area contributed by atoms with E-state index in [4.69, 9.17) is 0 Å². The molecular formula is C15H14N2S. The number of aromatic amines is 1. The highest BCUT2D eigenvalue weighted by atomic mass is 32.2. The molecule has 0 aliphatic rings. The molecule has 0 atom stereocenters. The van der Waals surface area contributed by atoms with E-state index in [9.17, 15) is 0 Å². The van der Waals surface area contributed by atoms with E-state index in [1.165, 1.54) is 4.90 Å². The number of hydrogen-bond acceptors (Lipinski definition) is 2. The van der Waals surface area contributed by atoms with Crippen LogP contribution >= 0.6 is 11.8 Å². The summed E-state index contributed by atoms with van der Waals surface area (Å²) in [5.41, 5.74) is 3.23. The Bertz CT molecular complexity index is 623. The van der Waals surface area contributed by atoms with Crippen LogP contribution in [0.15, 0.2) is 53.4 Å². The highest BCUT2D eigenvalue weighted by molar-refractivity contribution is 7.99. The van der Waals surface area contributed by atoms with Crippen molar-refractivity contribution >= 4 is 22.8 Å². The predicted molar refractivity (Wildman–Crippen MR) is 77.9 cm³/mol. The Morgan fingerprint density at radius 3 is 2.56 bits per heavy atom. The molecule has 1 N–H and O–H groups in total. The number of hydrogen-bond donors (Lipinski definition) is 1. The molecule has 0 saturated heterocycles. The summed E-state index contributed by atoms with van der Waals surface area (Å²) in [7, 11) is 0. The van der Waals surface area contributed by atoms with Crippen molar-refractivity contribution in [2.45, 2.75) is 11.8 Å². The lowest BCUT2D eigenvalue weighted by Gasteiger charge is -2.00. The number of nitrogens with one attached hydrogen (secondary N) is 1. The Morgan fingerprint density at radius 2 is 1.83 bits per heavy atom. The first-order valence-corrected chi connectivity index (χ1v) is 7.03. The van der Waals surface area contributed by atoms with Crippen molar-refractivity contribution in [1.29, 1.82) is 0 Å². The topological polar surface area (TPSA) is 28.7 Å². The van der Waals surface area contributed by atoms with E-state index in [-0.39, 0.29) is 0 Å². The predicted octanol–water partition coefficient (Wildman–Crippen LogP) is 4.34. The maximum absolute atomic E-state index is 4.60. The Hall–Kier alpha value is -1.74. The molecule has 0 fully saturated rings. The minimum atomic E-state index is 0.934. The van der Waals surface area contributed by atoms with E-state index in [0.29, 0.717) is 0 Å². The normalized spacial score (nSPS) is 10.9. The van der Waals surface area contributed by atoms with E-state index >= 15 is 0 Å². The average Bonchev–Trinajstić information content (AvgIpc) is 2.84. The van der Waals surface area contributed by atoms with Crippen molar-refractivity contribution in [3.05, 3.63) is 48.5 Å². The number of aromatic nitrogens is 2. The van der Waals surface area contributed by atoms with Crippen LogP contribution in [0.4, 0.5) is 0 Å². The monoisotopic (exact) mass is 254 g/mol. The summed E-state index contributed by atoms with van der Waals surface area (Å²) >= 11 is 1.85. The molecule has 0 aliphatic carbocycles. The van der Waals surface area contributed by atoms with Gasteiger partial charge in [-0.15, -0.1) is 11.8 Å². The molecule has 1 aromatic heterocycles. The van der Waals surface area contributed by atoms with Gasteiger partial charge in [0.25, 0.3) is 0 Å². The number of nitrogens with zero attached hydrogens (tertiary/aromatic N) is 1. The van der Waals surface area contributed by atoms with E-state index < -0.39 is 0 Å². The number of imidazole rings is 1. The molecule has 0 unspecified atom stereocenters. The standard InChI is InChI=1S/C15H14N2S/c1-2-18-12-9-7-11(8-10-12)15-16-13-5-3-4-6-14(13)17-15/h3-10H,2H2,1H3,(H,16,17). The van der Waals surface area contributed by atoms with E-state index in [0.717, 1.165) is 28.2 Å². The quantitative estimate of drug-likeness (QED) is 0.704. The van der Waals surface area contributed by atoms with E-state index in [1.54, 1.807) is 0 Å². The van der Waals surface area contributed by atoms with Crippen LogP contribution in [0, 0.1) is 0 Å². The molecule has 2 aromatic carbocycles. The minimum absolute atomic E-state index is 0.934. The maximum atomic E-state index is 4.60. The molecule has 90 valence electrons. The van der Waals surface area contributed by atoms with Gasteiger partial charge < -0.3 is 4.98 Å². The van der Waals surface area contributed by atoms with Crippen molar-refractivity contribution in [2.75, 3.05) is 5.75 Å². The lowest BCUT2D eigenvalue weighted by molar-refractivity contribution is 1.32. The lowest BCUT2D eigenvalue weighted by Crippen LogP contribution is -1.80. The van der Waals surface area contributed by atoms with Crippen LogP contribution in [-0.4, -0.2) is 15.7 Å². The molecule has 0 radical (unpaired) electrons. The molecule has 0 saturated carbocycles. The number of para-hydroxylation sites is 2. The van der Waals surface area contributed by atoms with Gasteiger partial charge >= 0.3 is 0 Å². The molecular weight excluding hydrogens is 240 g/mol. The summed E-state index contributed by atoms with van der Waals surface area (Å²) in [6, 6.07) is 16.6. The van der Waals surface area contributed by atoms with Crippen molar-refractivity contribution < 1.29 is 0 Å². The third kappa shape index (κ3) is 2.14. The first-order valence-electron chi connectivity index (χ1n) is 6.05. The summed E-state index contributed by atoms with van der Waals surface area (Å²) in [6.45, 7) is 2.16. The summed E-state index contributed by atoms with van der Waals surface area (Å²) < 4.78 is 0. The van der Waals surface area contributed by atoms with Crippen LogP contribution in [-0.2, 0) is 0 Å². The molecule has 0 bridgehead atoms. The molecule has 0 aliphatic heterocycles. The number of fused-ring (bicyclic) bond motifs is 1. The van der Waals surface area contributed by atoms with Crippen LogP contribution < -0.4 is 0 Å². The van der Waals surface area contributed by atoms with Crippen LogP contribution in [0.2, 0.25) is 0 Å². The van der Waals surface area contributed by atoms with Crippen LogP contribution in [0.25, 0.3) is 22.4 Å². The summed E-state index contributed by atoms with van der Waals surface area (Å²) in [5, 5.41) is 0. The molecule has 2 nitrogen and oxygen atoms in total. The Balaban J connectivity index is 1.98. The Labute approximate surface area is 110 Å². The van der Waals surface area contributed by atoms with E-state index in [2.05, 4.69) is 41.2 Å². The first kappa shape index (κ1) is 11.4. The zero-order chi connectivity index (χ0) is 12.4. The number of H-pyrrole nitrogens is 1. The van der Waals surface area contributed by atoms with Crippen molar-refractivity contribution in [1.82, 2.24) is 9.97 Å². The zero-order valence-corrected chi connectivity index (χ0v) is 11.0. The number of benzene rings is 2. The maximum Gasteiger partial charge on any atom is 0.138 e. The van der Waals surface area contributed by atoms with Gasteiger partial charge in [-0.2, -0.15) is 0 Å². The molecule has 1 heterocycles. The Kier molecular flexibility index (Phi) is 3.07. The van der Waals surface area contributed by atoms with Crippen LogP contribution in [0.1, 0.15) is 6.92 Å². The molecule has 18 heavy (non-hydrogen) atoms. The van der Waals surface area contributed by atoms with Crippen molar-refractivity contribution in [2.24, 2.45) is 0 Å². The summed E-state index contributed by atoms with van der Waals surface area (Å²) in [6.07, 6.45) is 0. The second-order valence-corrected chi connectivity index (χ2v) is 5.40. The van der Waals surface area contributed by atoms with Crippen molar-refractivity contribution in [3.63, 3.8) is 0 Å². The fourth-order valence-corrected chi connectivity index (χ4v) is 2.63. The number of thioether (sulfide) groups is 1. The molecule has 0 amide bonds. The minimum Gasteiger partial charge on any atom is -0.338 e. The van der Waals surface area contributed by atoms with Crippen LogP contribution in [0.3, 0.4) is 0 Å². The van der Waals surface area contributed by atoms with Crippen LogP contribution in [0.5, 0.6) is 0 Å². The summed E-state index contributed by atoms with van der Waals surface area (Å²) in [4.78, 5) is 9.24. The second-order valence-electron chi connectivity index (χ2n) is 4.06. The van der Waals surface area contributed by atoms with Gasteiger partial charge in [-0.05, 0) is 30.0 Å². The van der Waals surface area contributed by atoms with Gasteiger partial charge in [0, 0.05) is 10.5 Å². The highest BCUT2D eigenvalue weighted by Gasteiger charge is 2.04. The zero-order valence-electron chi connectivity index (χ0n) is 10.2. The second kappa shape index (κ2) is 4.86. The smallest absolute Gasteiger partial charge is 0.138 e. The average molecular weight is 254 g/mol. The fourth-order valence-electron chi connectivity index (χ4n) is 1.97. The molecule has 3 aromatic rings. The van der Waals surface area contributed by atoms with E-state index in [1.807, 2.05) is 36.0 Å². The molecule has 3 rings (SSSR count). The Morgan fingerprint density at radius 1 is 1.06 bits per heavy atom. The van der Waals surface area contributed by atoms with Gasteiger partial charge in [-0.25, -0.2) is 4.98 Å². The van der Waals surface area contributed by atoms with Gasteiger partial charge in [0.2, 0.25) is 0 Å². The van der Waals surface area contributed by atoms with Gasteiger partial charge in [-0.1, -0.05) is 31.2 Å². The largest absolute Gasteiger partial charge is 0.338 e. The molecule has 0 spiro atoms. The number of rotatable bonds is 3. The highest BCUT2D eigenvalue weighted by Crippen LogP contribution is 2.24. The third-order valence-corrected chi connectivity index (χ3v) is 3.72. The SMILES string of the molecule is CCSc1ccc(-c2nc3ccccc3[nH]2)cc1. The van der Waals surface area contributed by atoms with Crippen molar-refractivity contribution in [3.8, 4) is 11.4 Å². The third-order valence-electron chi connectivity index (χ3n) is 2.83. The van der Waals surface area contributed by atoms with Gasteiger partial charge in [-0.3, -0.25) is 0 Å². The summed E-state index contributed by atoms with van der Waals surface area (Å²) in [5.74, 6) is 2.04.